The molecule has 0 fully saturated rings. The molecule has 0 saturated heterocycles. The maximum absolute atomic E-state index is 13.0. The van der Waals surface area contributed by atoms with Crippen LogP contribution in [0.2, 0.25) is 10.0 Å². The Morgan fingerprint density at radius 2 is 1.74 bits per heavy atom. The Balaban J connectivity index is 1.78. The van der Waals surface area contributed by atoms with Crippen molar-refractivity contribution < 1.29 is 9.32 Å². The highest BCUT2D eigenvalue weighted by atomic mass is 35.5. The van der Waals surface area contributed by atoms with Crippen molar-refractivity contribution in [2.75, 3.05) is 5.32 Å². The minimum Gasteiger partial charge on any atom is -0.360 e. The van der Waals surface area contributed by atoms with E-state index in [1.807, 2.05) is 24.3 Å². The molecule has 0 aliphatic heterocycles. The SMILES string of the molecule is Cc1onc(-c2c(Cl)cccc2Cl)c1C(=O)Nc1cccc2cccnc12. The number of amides is 1. The van der Waals surface area contributed by atoms with Crippen molar-refractivity contribution in [1.82, 2.24) is 10.1 Å². The molecule has 5 nitrogen and oxygen atoms in total. The summed E-state index contributed by atoms with van der Waals surface area (Å²) in [6, 6.07) is 14.4. The van der Waals surface area contributed by atoms with Crippen molar-refractivity contribution in [3.05, 3.63) is 76.1 Å². The van der Waals surface area contributed by atoms with Crippen LogP contribution in [-0.2, 0) is 0 Å². The van der Waals surface area contributed by atoms with Crippen LogP contribution in [0.4, 0.5) is 5.69 Å². The predicted molar refractivity (Wildman–Crippen MR) is 106 cm³/mol. The number of nitrogens with zero attached hydrogens (tertiary/aromatic N) is 2. The van der Waals surface area contributed by atoms with Gasteiger partial charge in [0.1, 0.15) is 17.0 Å². The van der Waals surface area contributed by atoms with Crippen molar-refractivity contribution in [2.24, 2.45) is 0 Å². The number of carbonyl (C=O) groups excluding carboxylic acids is 1. The van der Waals surface area contributed by atoms with Gasteiger partial charge in [0.05, 0.1) is 21.2 Å². The summed E-state index contributed by atoms with van der Waals surface area (Å²) in [6.07, 6.45) is 1.68. The lowest BCUT2D eigenvalue weighted by Crippen LogP contribution is -2.14. The number of benzene rings is 2. The van der Waals surface area contributed by atoms with Gasteiger partial charge in [-0.25, -0.2) is 0 Å². The Bertz CT molecular complexity index is 1150. The van der Waals surface area contributed by atoms with E-state index in [1.54, 1.807) is 37.4 Å². The van der Waals surface area contributed by atoms with Crippen LogP contribution in [0.3, 0.4) is 0 Å². The number of halogens is 2. The fourth-order valence-electron chi connectivity index (χ4n) is 2.92. The maximum atomic E-state index is 13.0. The Labute approximate surface area is 164 Å². The first kappa shape index (κ1) is 17.5. The van der Waals surface area contributed by atoms with Gasteiger partial charge in [-0.1, -0.05) is 52.6 Å². The minimum absolute atomic E-state index is 0.276. The molecular formula is C20H13Cl2N3O2. The topological polar surface area (TPSA) is 68.0 Å². The van der Waals surface area contributed by atoms with Gasteiger partial charge in [0.25, 0.3) is 5.91 Å². The summed E-state index contributed by atoms with van der Waals surface area (Å²) in [7, 11) is 0. The molecule has 2 aromatic heterocycles. The summed E-state index contributed by atoms with van der Waals surface area (Å²) in [5.41, 5.74) is 2.32. The minimum atomic E-state index is -0.377. The summed E-state index contributed by atoms with van der Waals surface area (Å²) in [5.74, 6) is -0.00966. The number of aryl methyl sites for hydroxylation is 1. The number of fused-ring (bicyclic) bond motifs is 1. The number of carbonyl (C=O) groups is 1. The molecular weight excluding hydrogens is 385 g/mol. The van der Waals surface area contributed by atoms with Crippen molar-refractivity contribution in [2.45, 2.75) is 6.92 Å². The van der Waals surface area contributed by atoms with E-state index >= 15 is 0 Å². The van der Waals surface area contributed by atoms with Crippen LogP contribution in [0.25, 0.3) is 22.2 Å². The predicted octanol–water partition coefficient (Wildman–Crippen LogP) is 5.76. The van der Waals surface area contributed by atoms with Gasteiger partial charge in [-0.15, -0.1) is 0 Å². The van der Waals surface area contributed by atoms with E-state index in [2.05, 4.69) is 15.5 Å². The van der Waals surface area contributed by atoms with Gasteiger partial charge < -0.3 is 9.84 Å². The van der Waals surface area contributed by atoms with Gasteiger partial charge in [0, 0.05) is 17.1 Å². The smallest absolute Gasteiger partial charge is 0.261 e. The van der Waals surface area contributed by atoms with Crippen LogP contribution >= 0.6 is 23.2 Å². The molecule has 1 amide bonds. The standard InChI is InChI=1S/C20H13Cl2N3O2/c1-11-16(19(25-27-11)17-13(21)7-3-8-14(17)22)20(26)24-15-9-2-5-12-6-4-10-23-18(12)15/h2-10H,1H3,(H,24,26). The number of aromatic nitrogens is 2. The third-order valence-corrected chi connectivity index (χ3v) is 4.80. The summed E-state index contributed by atoms with van der Waals surface area (Å²) in [5, 5.41) is 8.60. The normalized spacial score (nSPS) is 10.9. The fourth-order valence-corrected chi connectivity index (χ4v) is 3.50. The number of pyridine rings is 1. The molecule has 0 atom stereocenters. The van der Waals surface area contributed by atoms with Gasteiger partial charge in [0.15, 0.2) is 0 Å². The van der Waals surface area contributed by atoms with E-state index in [4.69, 9.17) is 27.7 Å². The van der Waals surface area contributed by atoms with E-state index in [1.165, 1.54) is 0 Å². The summed E-state index contributed by atoms with van der Waals surface area (Å²) in [4.78, 5) is 17.4. The number of nitrogens with one attached hydrogen (secondary N) is 1. The molecule has 2 aromatic carbocycles. The highest BCUT2D eigenvalue weighted by molar-refractivity contribution is 6.39. The molecule has 4 rings (SSSR count). The van der Waals surface area contributed by atoms with Crippen molar-refractivity contribution in [1.29, 1.82) is 0 Å². The number of para-hydroxylation sites is 1. The summed E-state index contributed by atoms with van der Waals surface area (Å²) >= 11 is 12.6. The highest BCUT2D eigenvalue weighted by Gasteiger charge is 2.25. The Morgan fingerprint density at radius 1 is 1.04 bits per heavy atom. The van der Waals surface area contributed by atoms with Crippen LogP contribution in [0.15, 0.2) is 59.3 Å². The van der Waals surface area contributed by atoms with Gasteiger partial charge in [-0.05, 0) is 31.2 Å². The van der Waals surface area contributed by atoms with E-state index in [0.717, 1.165) is 5.39 Å². The third-order valence-electron chi connectivity index (χ3n) is 4.17. The molecule has 0 aliphatic rings. The summed E-state index contributed by atoms with van der Waals surface area (Å²) < 4.78 is 5.26. The molecule has 0 bridgehead atoms. The third kappa shape index (κ3) is 3.16. The van der Waals surface area contributed by atoms with Crippen LogP contribution < -0.4 is 5.32 Å². The van der Waals surface area contributed by atoms with Crippen molar-refractivity contribution in [3.8, 4) is 11.3 Å². The molecule has 27 heavy (non-hydrogen) atoms. The lowest BCUT2D eigenvalue weighted by molar-refractivity contribution is 0.102. The van der Waals surface area contributed by atoms with Crippen LogP contribution in [0, 0.1) is 6.92 Å². The molecule has 0 saturated carbocycles. The zero-order valence-corrected chi connectivity index (χ0v) is 15.7. The average Bonchev–Trinajstić information content (AvgIpc) is 3.03. The second-order valence-electron chi connectivity index (χ2n) is 5.89. The lowest BCUT2D eigenvalue weighted by Gasteiger charge is -2.09. The van der Waals surface area contributed by atoms with E-state index in [0.29, 0.717) is 38.3 Å². The first-order chi connectivity index (χ1) is 13.1. The quantitative estimate of drug-likeness (QED) is 0.477. The van der Waals surface area contributed by atoms with Crippen LogP contribution in [0.1, 0.15) is 16.1 Å². The van der Waals surface area contributed by atoms with Gasteiger partial charge in [0.2, 0.25) is 0 Å². The molecule has 0 aliphatic carbocycles. The number of anilines is 1. The highest BCUT2D eigenvalue weighted by Crippen LogP contribution is 2.37. The molecule has 1 N–H and O–H groups in total. The second-order valence-corrected chi connectivity index (χ2v) is 6.71. The first-order valence-corrected chi connectivity index (χ1v) is 8.87. The molecule has 0 unspecified atom stereocenters. The van der Waals surface area contributed by atoms with Crippen molar-refractivity contribution in [3.63, 3.8) is 0 Å². The number of rotatable bonds is 3. The van der Waals surface area contributed by atoms with Crippen LogP contribution in [0.5, 0.6) is 0 Å². The second kappa shape index (κ2) is 7.02. The lowest BCUT2D eigenvalue weighted by atomic mass is 10.1. The Morgan fingerprint density at radius 3 is 2.52 bits per heavy atom. The molecule has 2 heterocycles. The Kier molecular flexibility index (Phi) is 4.56. The van der Waals surface area contributed by atoms with Gasteiger partial charge in [-0.3, -0.25) is 9.78 Å². The van der Waals surface area contributed by atoms with E-state index in [-0.39, 0.29) is 11.5 Å². The summed E-state index contributed by atoms with van der Waals surface area (Å²) in [6.45, 7) is 1.66. The zero-order valence-electron chi connectivity index (χ0n) is 14.2. The van der Waals surface area contributed by atoms with E-state index < -0.39 is 0 Å². The largest absolute Gasteiger partial charge is 0.360 e. The first-order valence-electron chi connectivity index (χ1n) is 8.12. The Hall–Kier alpha value is -2.89. The molecule has 7 heteroatoms. The van der Waals surface area contributed by atoms with Gasteiger partial charge in [-0.2, -0.15) is 0 Å². The maximum Gasteiger partial charge on any atom is 0.261 e. The number of hydrogen-bond acceptors (Lipinski definition) is 4. The molecule has 4 aromatic rings. The zero-order chi connectivity index (χ0) is 19.0. The molecule has 0 spiro atoms. The van der Waals surface area contributed by atoms with E-state index in [9.17, 15) is 4.79 Å². The molecule has 134 valence electrons. The number of hydrogen-bond donors (Lipinski definition) is 1. The van der Waals surface area contributed by atoms with Gasteiger partial charge >= 0.3 is 0 Å². The monoisotopic (exact) mass is 397 g/mol. The van der Waals surface area contributed by atoms with Crippen LogP contribution in [-0.4, -0.2) is 16.0 Å². The van der Waals surface area contributed by atoms with Crippen molar-refractivity contribution >= 4 is 45.7 Å². The average molecular weight is 398 g/mol. The fraction of sp³-hybridized carbons (Fsp3) is 0.0500. The molecule has 0 radical (unpaired) electrons.